The highest BCUT2D eigenvalue weighted by molar-refractivity contribution is 7.99. The Labute approximate surface area is 152 Å². The number of halogens is 1. The van der Waals surface area contributed by atoms with Gasteiger partial charge in [0.1, 0.15) is 11.4 Å². The highest BCUT2D eigenvalue weighted by Crippen LogP contribution is 2.27. The highest BCUT2D eigenvalue weighted by Gasteiger charge is 2.12. The monoisotopic (exact) mass is 376 g/mol. The van der Waals surface area contributed by atoms with E-state index >= 15 is 0 Å². The lowest BCUT2D eigenvalue weighted by Gasteiger charge is -2.07. The molecule has 0 spiro atoms. The van der Waals surface area contributed by atoms with Gasteiger partial charge in [-0.2, -0.15) is 0 Å². The van der Waals surface area contributed by atoms with Crippen LogP contribution >= 0.6 is 23.4 Å². The molecule has 0 aliphatic carbocycles. The van der Waals surface area contributed by atoms with Crippen molar-refractivity contribution in [1.82, 2.24) is 15.2 Å². The Balaban J connectivity index is 1.56. The minimum absolute atomic E-state index is 0.119. The maximum Gasteiger partial charge on any atom is 0.277 e. The van der Waals surface area contributed by atoms with Gasteiger partial charge >= 0.3 is 0 Å². The molecule has 7 nitrogen and oxygen atoms in total. The van der Waals surface area contributed by atoms with Gasteiger partial charge in [0.2, 0.25) is 5.91 Å². The Bertz CT molecular complexity index is 873. The lowest BCUT2D eigenvalue weighted by molar-refractivity contribution is -0.113. The molecule has 0 radical (unpaired) electrons. The molecule has 0 saturated heterocycles. The molecule has 3 rings (SSSR count). The van der Waals surface area contributed by atoms with Gasteiger partial charge in [-0.3, -0.25) is 9.78 Å². The summed E-state index contributed by atoms with van der Waals surface area (Å²) in [5.74, 6) is 0.754. The smallest absolute Gasteiger partial charge is 0.277 e. The van der Waals surface area contributed by atoms with Crippen LogP contribution in [0.15, 0.2) is 52.2 Å². The summed E-state index contributed by atoms with van der Waals surface area (Å²) in [4.78, 5) is 16.1. The fourth-order valence-electron chi connectivity index (χ4n) is 1.93. The van der Waals surface area contributed by atoms with Gasteiger partial charge in [-0.05, 0) is 30.3 Å². The minimum Gasteiger partial charge on any atom is -0.495 e. The van der Waals surface area contributed by atoms with Crippen LogP contribution in [0.25, 0.3) is 11.6 Å². The van der Waals surface area contributed by atoms with E-state index in [0.29, 0.717) is 33.3 Å². The highest BCUT2D eigenvalue weighted by atomic mass is 35.5. The molecule has 0 saturated carbocycles. The third-order valence-corrected chi connectivity index (χ3v) is 4.17. The first-order valence-corrected chi connectivity index (χ1v) is 8.53. The predicted octanol–water partition coefficient (Wildman–Crippen LogP) is 3.52. The molecule has 2 aromatic heterocycles. The number of carbonyl (C=O) groups excluding carboxylic acids is 1. The van der Waals surface area contributed by atoms with Gasteiger partial charge < -0.3 is 14.5 Å². The Morgan fingerprint density at radius 1 is 1.32 bits per heavy atom. The minimum atomic E-state index is -0.219. The topological polar surface area (TPSA) is 90.1 Å². The molecular formula is C16H13ClN4O3S. The maximum atomic E-state index is 12.0. The first kappa shape index (κ1) is 17.2. The van der Waals surface area contributed by atoms with Crippen LogP contribution in [0.5, 0.6) is 5.75 Å². The van der Waals surface area contributed by atoms with E-state index in [4.69, 9.17) is 20.8 Å². The number of hydrogen-bond acceptors (Lipinski definition) is 7. The SMILES string of the molecule is COc1ccc(NC(=O)CSc2nnc(-c3ccccn3)o2)cc1Cl. The van der Waals surface area contributed by atoms with Crippen molar-refractivity contribution in [1.29, 1.82) is 0 Å². The van der Waals surface area contributed by atoms with Crippen molar-refractivity contribution in [2.24, 2.45) is 0 Å². The lowest BCUT2D eigenvalue weighted by atomic mass is 10.3. The number of benzene rings is 1. The Morgan fingerprint density at radius 3 is 2.92 bits per heavy atom. The summed E-state index contributed by atoms with van der Waals surface area (Å²) in [7, 11) is 1.53. The number of anilines is 1. The predicted molar refractivity (Wildman–Crippen MR) is 94.9 cm³/mol. The number of amides is 1. The molecule has 0 unspecified atom stereocenters. The molecule has 1 N–H and O–H groups in total. The van der Waals surface area contributed by atoms with E-state index < -0.39 is 0 Å². The summed E-state index contributed by atoms with van der Waals surface area (Å²) >= 11 is 7.16. The van der Waals surface area contributed by atoms with Crippen LogP contribution in [-0.2, 0) is 4.79 Å². The van der Waals surface area contributed by atoms with Crippen LogP contribution in [0.3, 0.4) is 0 Å². The molecule has 9 heteroatoms. The first-order chi connectivity index (χ1) is 12.2. The number of nitrogens with one attached hydrogen (secondary N) is 1. The van der Waals surface area contributed by atoms with Gasteiger partial charge in [0.25, 0.3) is 11.1 Å². The van der Waals surface area contributed by atoms with Crippen LogP contribution in [0, 0.1) is 0 Å². The number of pyridine rings is 1. The van der Waals surface area contributed by atoms with Gasteiger partial charge in [0.15, 0.2) is 0 Å². The van der Waals surface area contributed by atoms with Gasteiger partial charge in [-0.1, -0.05) is 29.4 Å². The van der Waals surface area contributed by atoms with E-state index in [1.165, 1.54) is 7.11 Å². The van der Waals surface area contributed by atoms with E-state index in [0.717, 1.165) is 11.8 Å². The number of rotatable bonds is 6. The average Bonchev–Trinajstić information content (AvgIpc) is 3.10. The number of thioether (sulfide) groups is 1. The summed E-state index contributed by atoms with van der Waals surface area (Å²) in [5, 5.41) is 11.3. The molecule has 128 valence electrons. The first-order valence-electron chi connectivity index (χ1n) is 7.17. The second kappa shape index (κ2) is 8.00. The summed E-state index contributed by atoms with van der Waals surface area (Å²) < 4.78 is 10.5. The Morgan fingerprint density at radius 2 is 2.20 bits per heavy atom. The molecule has 0 fully saturated rings. The van der Waals surface area contributed by atoms with Crippen LogP contribution in [0.1, 0.15) is 0 Å². The van der Waals surface area contributed by atoms with E-state index in [-0.39, 0.29) is 11.7 Å². The van der Waals surface area contributed by atoms with Crippen molar-refractivity contribution in [3.8, 4) is 17.3 Å². The van der Waals surface area contributed by atoms with Crippen molar-refractivity contribution < 1.29 is 13.9 Å². The largest absolute Gasteiger partial charge is 0.495 e. The summed E-state index contributed by atoms with van der Waals surface area (Å²) in [5.41, 5.74) is 1.16. The number of hydrogen-bond donors (Lipinski definition) is 1. The normalized spacial score (nSPS) is 10.5. The van der Waals surface area contributed by atoms with Crippen LogP contribution in [0.2, 0.25) is 5.02 Å². The van der Waals surface area contributed by atoms with E-state index in [1.807, 2.05) is 6.07 Å². The van der Waals surface area contributed by atoms with Crippen LogP contribution in [0.4, 0.5) is 5.69 Å². The van der Waals surface area contributed by atoms with E-state index in [1.54, 1.807) is 36.5 Å². The third-order valence-electron chi connectivity index (χ3n) is 3.05. The molecular weight excluding hydrogens is 364 g/mol. The van der Waals surface area contributed by atoms with E-state index in [2.05, 4.69) is 20.5 Å². The van der Waals surface area contributed by atoms with Crippen molar-refractivity contribution in [2.45, 2.75) is 5.22 Å². The van der Waals surface area contributed by atoms with Crippen molar-refractivity contribution in [3.05, 3.63) is 47.6 Å². The Kier molecular flexibility index (Phi) is 5.52. The maximum absolute atomic E-state index is 12.0. The zero-order chi connectivity index (χ0) is 17.6. The number of carbonyl (C=O) groups is 1. The molecule has 25 heavy (non-hydrogen) atoms. The molecule has 2 heterocycles. The molecule has 3 aromatic rings. The van der Waals surface area contributed by atoms with Crippen LogP contribution < -0.4 is 10.1 Å². The third kappa shape index (κ3) is 4.49. The Hall–Kier alpha value is -2.58. The number of aromatic nitrogens is 3. The second-order valence-corrected chi connectivity index (χ2v) is 6.11. The van der Waals surface area contributed by atoms with Gasteiger partial charge in [0.05, 0.1) is 17.9 Å². The number of ether oxygens (including phenoxy) is 1. The zero-order valence-electron chi connectivity index (χ0n) is 13.1. The van der Waals surface area contributed by atoms with Gasteiger partial charge in [-0.15, -0.1) is 10.2 Å². The molecule has 0 atom stereocenters. The van der Waals surface area contributed by atoms with Crippen molar-refractivity contribution in [2.75, 3.05) is 18.2 Å². The van der Waals surface area contributed by atoms with Crippen LogP contribution in [-0.4, -0.2) is 34.0 Å². The quantitative estimate of drug-likeness (QED) is 0.658. The standard InChI is InChI=1S/C16H13ClN4O3S/c1-23-13-6-5-10(8-11(13)17)19-14(22)9-25-16-21-20-15(24-16)12-4-2-3-7-18-12/h2-8H,9H2,1H3,(H,19,22). The molecule has 1 amide bonds. The second-order valence-electron chi connectivity index (χ2n) is 4.77. The van der Waals surface area contributed by atoms with Gasteiger partial charge in [0, 0.05) is 11.9 Å². The number of methoxy groups -OCH3 is 1. The molecule has 0 bridgehead atoms. The number of nitrogens with zero attached hydrogens (tertiary/aromatic N) is 3. The summed E-state index contributed by atoms with van der Waals surface area (Å²) in [6.07, 6.45) is 1.64. The fourth-order valence-corrected chi connectivity index (χ4v) is 2.75. The summed E-state index contributed by atoms with van der Waals surface area (Å²) in [6, 6.07) is 10.4. The molecule has 1 aromatic carbocycles. The zero-order valence-corrected chi connectivity index (χ0v) is 14.7. The van der Waals surface area contributed by atoms with Gasteiger partial charge in [-0.25, -0.2) is 0 Å². The summed E-state index contributed by atoms with van der Waals surface area (Å²) in [6.45, 7) is 0. The molecule has 0 aliphatic heterocycles. The lowest BCUT2D eigenvalue weighted by Crippen LogP contribution is -2.14. The van der Waals surface area contributed by atoms with E-state index in [9.17, 15) is 4.79 Å². The van der Waals surface area contributed by atoms with Crippen molar-refractivity contribution >= 4 is 35.0 Å². The fraction of sp³-hybridized carbons (Fsp3) is 0.125. The molecule has 0 aliphatic rings. The average molecular weight is 377 g/mol. The van der Waals surface area contributed by atoms with Crippen molar-refractivity contribution in [3.63, 3.8) is 0 Å².